The summed E-state index contributed by atoms with van der Waals surface area (Å²) >= 11 is 1.69. The van der Waals surface area contributed by atoms with Crippen molar-refractivity contribution in [2.24, 2.45) is 0 Å². The van der Waals surface area contributed by atoms with Gasteiger partial charge in [-0.3, -0.25) is 4.79 Å². The molecule has 0 saturated carbocycles. The molecule has 0 radical (unpaired) electrons. The Morgan fingerprint density at radius 1 is 1.18 bits per heavy atom. The lowest BCUT2D eigenvalue weighted by Crippen LogP contribution is -2.35. The number of nitrogens with one attached hydrogen (secondary N) is 1. The Labute approximate surface area is 134 Å². The standard InChI is InChI=1S/C17H20N2O2S/c20-11-9-18-8-10-19-16(21)12-22-17(19)15-7-3-5-13-4-1-2-6-14(13)15/h1-7,17-18,20H,8-12H2. The predicted octanol–water partition coefficient (Wildman–Crippen LogP) is 2.00. The molecule has 1 atom stereocenters. The van der Waals surface area contributed by atoms with Crippen molar-refractivity contribution in [1.82, 2.24) is 10.2 Å². The van der Waals surface area contributed by atoms with E-state index in [1.807, 2.05) is 17.0 Å². The molecule has 2 N–H and O–H groups in total. The zero-order valence-electron chi connectivity index (χ0n) is 12.4. The number of aliphatic hydroxyl groups excluding tert-OH is 1. The average molecular weight is 316 g/mol. The van der Waals surface area contributed by atoms with Crippen LogP contribution in [0.25, 0.3) is 10.8 Å². The lowest BCUT2D eigenvalue weighted by atomic mass is 10.0. The zero-order valence-corrected chi connectivity index (χ0v) is 13.2. The summed E-state index contributed by atoms with van der Waals surface area (Å²) in [6.07, 6.45) is 0. The fourth-order valence-corrected chi connectivity index (χ4v) is 4.08. The summed E-state index contributed by atoms with van der Waals surface area (Å²) in [5, 5.41) is 14.4. The van der Waals surface area contributed by atoms with Crippen LogP contribution in [-0.4, -0.2) is 47.9 Å². The lowest BCUT2D eigenvalue weighted by molar-refractivity contribution is -0.127. The van der Waals surface area contributed by atoms with E-state index in [2.05, 4.69) is 35.6 Å². The minimum atomic E-state index is 0.0783. The highest BCUT2D eigenvalue weighted by Gasteiger charge is 2.33. The van der Waals surface area contributed by atoms with Crippen molar-refractivity contribution in [3.8, 4) is 0 Å². The summed E-state index contributed by atoms with van der Waals surface area (Å²) in [6, 6.07) is 14.6. The minimum Gasteiger partial charge on any atom is -0.395 e. The first-order valence-corrected chi connectivity index (χ1v) is 8.56. The molecule has 22 heavy (non-hydrogen) atoms. The van der Waals surface area contributed by atoms with Crippen LogP contribution in [0.2, 0.25) is 0 Å². The molecule has 2 aromatic carbocycles. The van der Waals surface area contributed by atoms with Crippen LogP contribution >= 0.6 is 11.8 Å². The Morgan fingerprint density at radius 3 is 2.86 bits per heavy atom. The van der Waals surface area contributed by atoms with Crippen LogP contribution in [-0.2, 0) is 4.79 Å². The van der Waals surface area contributed by atoms with Crippen LogP contribution in [0.15, 0.2) is 42.5 Å². The van der Waals surface area contributed by atoms with Crippen molar-refractivity contribution in [3.63, 3.8) is 0 Å². The molecule has 0 aliphatic carbocycles. The number of fused-ring (bicyclic) bond motifs is 1. The fourth-order valence-electron chi connectivity index (χ4n) is 2.82. The normalized spacial score (nSPS) is 18.3. The van der Waals surface area contributed by atoms with E-state index in [-0.39, 0.29) is 17.9 Å². The Hall–Kier alpha value is -1.56. The monoisotopic (exact) mass is 316 g/mol. The first kappa shape index (κ1) is 15.3. The molecule has 3 rings (SSSR count). The Kier molecular flexibility index (Phi) is 4.97. The molecule has 0 spiro atoms. The highest BCUT2D eigenvalue weighted by Crippen LogP contribution is 2.41. The topological polar surface area (TPSA) is 52.6 Å². The third-order valence-corrected chi connectivity index (χ3v) is 5.11. The minimum absolute atomic E-state index is 0.0783. The second kappa shape index (κ2) is 7.13. The van der Waals surface area contributed by atoms with Gasteiger partial charge in [0, 0.05) is 19.6 Å². The molecule has 0 aromatic heterocycles. The summed E-state index contributed by atoms with van der Waals surface area (Å²) in [5.74, 6) is 0.724. The zero-order chi connectivity index (χ0) is 15.4. The van der Waals surface area contributed by atoms with E-state index in [9.17, 15) is 4.79 Å². The number of hydrogen-bond donors (Lipinski definition) is 2. The van der Waals surface area contributed by atoms with Gasteiger partial charge in [-0.05, 0) is 16.3 Å². The van der Waals surface area contributed by atoms with Gasteiger partial charge in [0.25, 0.3) is 0 Å². The molecule has 1 amide bonds. The number of carbonyl (C=O) groups is 1. The maximum absolute atomic E-state index is 12.2. The van der Waals surface area contributed by atoms with E-state index in [1.54, 1.807) is 11.8 Å². The number of amides is 1. The number of thioether (sulfide) groups is 1. The molecule has 1 unspecified atom stereocenters. The van der Waals surface area contributed by atoms with Crippen molar-refractivity contribution in [3.05, 3.63) is 48.0 Å². The van der Waals surface area contributed by atoms with E-state index in [0.717, 1.165) is 0 Å². The second-order valence-corrected chi connectivity index (χ2v) is 6.36. The summed E-state index contributed by atoms with van der Waals surface area (Å²) in [4.78, 5) is 14.1. The van der Waals surface area contributed by atoms with Crippen molar-refractivity contribution >= 4 is 28.4 Å². The number of nitrogens with zero attached hydrogens (tertiary/aromatic N) is 1. The van der Waals surface area contributed by atoms with E-state index < -0.39 is 0 Å². The number of aliphatic hydroxyl groups is 1. The van der Waals surface area contributed by atoms with Gasteiger partial charge in [0.15, 0.2) is 0 Å². The average Bonchev–Trinajstić information content (AvgIpc) is 2.92. The van der Waals surface area contributed by atoms with Gasteiger partial charge < -0.3 is 15.3 Å². The van der Waals surface area contributed by atoms with Crippen LogP contribution in [0.5, 0.6) is 0 Å². The van der Waals surface area contributed by atoms with Crippen LogP contribution in [0.3, 0.4) is 0 Å². The second-order valence-electron chi connectivity index (χ2n) is 5.29. The van der Waals surface area contributed by atoms with Crippen LogP contribution in [0, 0.1) is 0 Å². The molecule has 1 aliphatic heterocycles. The summed E-state index contributed by atoms with van der Waals surface area (Å²) in [5.41, 5.74) is 1.20. The largest absolute Gasteiger partial charge is 0.395 e. The highest BCUT2D eigenvalue weighted by atomic mass is 32.2. The predicted molar refractivity (Wildman–Crippen MR) is 90.8 cm³/mol. The molecule has 5 heteroatoms. The molecule has 1 heterocycles. The van der Waals surface area contributed by atoms with Gasteiger partial charge in [0.05, 0.1) is 12.4 Å². The summed E-state index contributed by atoms with van der Waals surface area (Å²) in [7, 11) is 0. The molecule has 2 aromatic rings. The van der Waals surface area contributed by atoms with Crippen LogP contribution in [0.4, 0.5) is 0 Å². The van der Waals surface area contributed by atoms with E-state index in [1.165, 1.54) is 16.3 Å². The van der Waals surface area contributed by atoms with Gasteiger partial charge in [-0.15, -0.1) is 11.8 Å². The van der Waals surface area contributed by atoms with Crippen LogP contribution in [0.1, 0.15) is 10.9 Å². The van der Waals surface area contributed by atoms with E-state index >= 15 is 0 Å². The third kappa shape index (κ3) is 3.11. The number of benzene rings is 2. The van der Waals surface area contributed by atoms with Crippen LogP contribution < -0.4 is 5.32 Å². The Bertz CT molecular complexity index is 657. The molecule has 4 nitrogen and oxygen atoms in total. The lowest BCUT2D eigenvalue weighted by Gasteiger charge is -2.25. The molecule has 1 aliphatic rings. The van der Waals surface area contributed by atoms with Crippen molar-refractivity contribution < 1.29 is 9.90 Å². The van der Waals surface area contributed by atoms with Gasteiger partial charge in [0.1, 0.15) is 5.37 Å². The number of hydrogen-bond acceptors (Lipinski definition) is 4. The Morgan fingerprint density at radius 2 is 2.00 bits per heavy atom. The van der Waals surface area contributed by atoms with E-state index in [0.29, 0.717) is 25.4 Å². The van der Waals surface area contributed by atoms with Gasteiger partial charge in [-0.1, -0.05) is 42.5 Å². The maximum atomic E-state index is 12.2. The fraction of sp³-hybridized carbons (Fsp3) is 0.353. The third-order valence-electron chi connectivity index (χ3n) is 3.88. The first-order valence-electron chi connectivity index (χ1n) is 7.51. The number of carbonyl (C=O) groups excluding carboxylic acids is 1. The highest BCUT2D eigenvalue weighted by molar-refractivity contribution is 8.00. The molecular formula is C17H20N2O2S. The van der Waals surface area contributed by atoms with Crippen molar-refractivity contribution in [2.75, 3.05) is 32.0 Å². The molecule has 1 saturated heterocycles. The Balaban J connectivity index is 1.83. The molecular weight excluding hydrogens is 296 g/mol. The van der Waals surface area contributed by atoms with E-state index in [4.69, 9.17) is 5.11 Å². The van der Waals surface area contributed by atoms with Gasteiger partial charge in [-0.2, -0.15) is 0 Å². The van der Waals surface area contributed by atoms with Gasteiger partial charge in [-0.25, -0.2) is 0 Å². The van der Waals surface area contributed by atoms with Crippen molar-refractivity contribution in [2.45, 2.75) is 5.37 Å². The molecule has 1 fully saturated rings. The maximum Gasteiger partial charge on any atom is 0.233 e. The quantitative estimate of drug-likeness (QED) is 0.800. The molecule has 116 valence electrons. The van der Waals surface area contributed by atoms with Crippen molar-refractivity contribution in [1.29, 1.82) is 0 Å². The SMILES string of the molecule is O=C1CSC(c2cccc3ccccc23)N1CCNCCO. The smallest absolute Gasteiger partial charge is 0.233 e. The van der Waals surface area contributed by atoms with Gasteiger partial charge >= 0.3 is 0 Å². The number of rotatable bonds is 6. The first-order chi connectivity index (χ1) is 10.8. The summed E-state index contributed by atoms with van der Waals surface area (Å²) < 4.78 is 0. The summed E-state index contributed by atoms with van der Waals surface area (Å²) in [6.45, 7) is 2.05. The molecule has 0 bridgehead atoms. The van der Waals surface area contributed by atoms with Gasteiger partial charge in [0.2, 0.25) is 5.91 Å².